The van der Waals surface area contributed by atoms with E-state index in [-0.39, 0.29) is 18.0 Å². The first-order chi connectivity index (χ1) is 19.4. The van der Waals surface area contributed by atoms with Crippen LogP contribution >= 0.6 is 0 Å². The van der Waals surface area contributed by atoms with E-state index in [1.54, 1.807) is 0 Å². The van der Waals surface area contributed by atoms with Crippen LogP contribution in [0.25, 0.3) is 0 Å². The van der Waals surface area contributed by atoms with Gasteiger partial charge >= 0.3 is 11.9 Å². The van der Waals surface area contributed by atoms with E-state index in [9.17, 15) is 9.59 Å². The van der Waals surface area contributed by atoms with Crippen molar-refractivity contribution in [1.82, 2.24) is 4.90 Å². The zero-order chi connectivity index (χ0) is 29.7. The molecule has 0 aromatic carbocycles. The van der Waals surface area contributed by atoms with E-state index in [4.69, 9.17) is 9.47 Å². The number of hydrogen-bond acceptors (Lipinski definition) is 5. The number of nitrogens with zero attached hydrogens (tertiary/aromatic N) is 1. The predicted molar refractivity (Wildman–Crippen MR) is 170 cm³/mol. The van der Waals surface area contributed by atoms with Gasteiger partial charge in [-0.3, -0.25) is 9.59 Å². The molecule has 40 heavy (non-hydrogen) atoms. The molecular weight excluding hydrogens is 498 g/mol. The molecule has 0 saturated carbocycles. The van der Waals surface area contributed by atoms with Gasteiger partial charge in [-0.05, 0) is 64.7 Å². The van der Waals surface area contributed by atoms with Crippen LogP contribution in [0.15, 0.2) is 24.4 Å². The SMILES string of the molecule is C=C(C)N(CCCCCC(=O)OC/C=C\CCCCCC)CCCC(=O)OC(CCCCCC)CCCCCC. The highest BCUT2D eigenvalue weighted by molar-refractivity contribution is 5.69. The monoisotopic (exact) mass is 563 g/mol. The standard InChI is InChI=1S/C35H65NO4/c1-6-9-12-15-16-17-23-31-39-34(37)27-21-18-22-29-36(32(4)5)30-24-28-35(38)40-33(25-19-13-10-7-2)26-20-14-11-8-3/h17,23,33H,4,6-16,18-22,24-31H2,1-3,5H3/b23-17-. The lowest BCUT2D eigenvalue weighted by Gasteiger charge is -2.25. The third-order valence-corrected chi connectivity index (χ3v) is 7.45. The fourth-order valence-corrected chi connectivity index (χ4v) is 4.85. The predicted octanol–water partition coefficient (Wildman–Crippen LogP) is 10.1. The Kier molecular flexibility index (Phi) is 27.5. The lowest BCUT2D eigenvalue weighted by Crippen LogP contribution is -2.25. The van der Waals surface area contributed by atoms with Crippen molar-refractivity contribution in [3.05, 3.63) is 24.4 Å². The van der Waals surface area contributed by atoms with Crippen LogP contribution < -0.4 is 0 Å². The van der Waals surface area contributed by atoms with Gasteiger partial charge in [-0.2, -0.15) is 0 Å². The summed E-state index contributed by atoms with van der Waals surface area (Å²) in [6.45, 7) is 14.9. The van der Waals surface area contributed by atoms with Gasteiger partial charge in [0.05, 0.1) is 0 Å². The minimum atomic E-state index is -0.111. The number of allylic oxidation sites excluding steroid dienone is 2. The van der Waals surface area contributed by atoms with Gasteiger partial charge in [0.1, 0.15) is 12.7 Å². The minimum Gasteiger partial charge on any atom is -0.462 e. The van der Waals surface area contributed by atoms with Crippen LogP contribution in [0.1, 0.15) is 163 Å². The number of ether oxygens (including phenoxy) is 2. The number of rotatable bonds is 29. The lowest BCUT2D eigenvalue weighted by molar-refractivity contribution is -0.150. The molecule has 0 spiro atoms. The van der Waals surface area contributed by atoms with Crippen molar-refractivity contribution in [2.75, 3.05) is 19.7 Å². The average molecular weight is 564 g/mol. The number of carbonyl (C=O) groups excluding carboxylic acids is 2. The average Bonchev–Trinajstić information content (AvgIpc) is 2.93. The number of unbranched alkanes of at least 4 members (excludes halogenated alkanes) is 12. The van der Waals surface area contributed by atoms with Crippen LogP contribution in [-0.4, -0.2) is 42.6 Å². The summed E-state index contributed by atoms with van der Waals surface area (Å²) < 4.78 is 11.2. The summed E-state index contributed by atoms with van der Waals surface area (Å²) in [6, 6.07) is 0. The Labute approximate surface area is 248 Å². The molecule has 5 nitrogen and oxygen atoms in total. The van der Waals surface area contributed by atoms with Crippen LogP contribution in [0.2, 0.25) is 0 Å². The highest BCUT2D eigenvalue weighted by Crippen LogP contribution is 2.17. The Hall–Kier alpha value is -1.78. The van der Waals surface area contributed by atoms with E-state index in [0.717, 1.165) is 76.6 Å². The second-order valence-electron chi connectivity index (χ2n) is 11.5. The Morgan fingerprint density at radius 2 is 1.23 bits per heavy atom. The molecule has 0 aliphatic rings. The van der Waals surface area contributed by atoms with E-state index in [1.165, 1.54) is 64.2 Å². The molecule has 0 N–H and O–H groups in total. The number of esters is 2. The van der Waals surface area contributed by atoms with Gasteiger partial charge in [-0.1, -0.05) is 104 Å². The lowest BCUT2D eigenvalue weighted by atomic mass is 10.0. The Morgan fingerprint density at radius 3 is 1.82 bits per heavy atom. The molecule has 5 heteroatoms. The highest BCUT2D eigenvalue weighted by atomic mass is 16.5. The molecule has 0 atom stereocenters. The second-order valence-corrected chi connectivity index (χ2v) is 11.5. The maximum absolute atomic E-state index is 12.6. The summed E-state index contributed by atoms with van der Waals surface area (Å²) in [5.74, 6) is -0.164. The molecule has 234 valence electrons. The smallest absolute Gasteiger partial charge is 0.306 e. The molecule has 0 aromatic rings. The fourth-order valence-electron chi connectivity index (χ4n) is 4.85. The van der Waals surface area contributed by atoms with Crippen molar-refractivity contribution in [3.8, 4) is 0 Å². The van der Waals surface area contributed by atoms with Gasteiger partial charge in [0.15, 0.2) is 0 Å². The Bertz CT molecular complexity index is 633. The van der Waals surface area contributed by atoms with Crippen LogP contribution in [0.3, 0.4) is 0 Å². The molecule has 0 fully saturated rings. The third-order valence-electron chi connectivity index (χ3n) is 7.45. The van der Waals surface area contributed by atoms with Crippen molar-refractivity contribution in [2.45, 2.75) is 169 Å². The molecule has 0 aliphatic heterocycles. The summed E-state index contributed by atoms with van der Waals surface area (Å²) >= 11 is 0. The molecule has 0 heterocycles. The maximum Gasteiger partial charge on any atom is 0.306 e. The van der Waals surface area contributed by atoms with Crippen molar-refractivity contribution in [3.63, 3.8) is 0 Å². The second kappa shape index (κ2) is 28.7. The first-order valence-electron chi connectivity index (χ1n) is 16.8. The molecule has 0 saturated heterocycles. The molecule has 0 rings (SSSR count). The zero-order valence-electron chi connectivity index (χ0n) is 27.0. The van der Waals surface area contributed by atoms with Crippen molar-refractivity contribution in [2.24, 2.45) is 0 Å². The summed E-state index contributed by atoms with van der Waals surface area (Å²) in [5, 5.41) is 0. The van der Waals surface area contributed by atoms with Gasteiger partial charge in [0.25, 0.3) is 0 Å². The van der Waals surface area contributed by atoms with Crippen molar-refractivity contribution < 1.29 is 19.1 Å². The van der Waals surface area contributed by atoms with E-state index < -0.39 is 0 Å². The van der Waals surface area contributed by atoms with Gasteiger partial charge in [0, 0.05) is 31.6 Å². The van der Waals surface area contributed by atoms with Crippen LogP contribution in [0.5, 0.6) is 0 Å². The number of hydrogen-bond donors (Lipinski definition) is 0. The summed E-state index contributed by atoms with van der Waals surface area (Å²) in [7, 11) is 0. The topological polar surface area (TPSA) is 55.8 Å². The molecule has 0 aromatic heterocycles. The molecule has 0 unspecified atom stereocenters. The first kappa shape index (κ1) is 38.2. The van der Waals surface area contributed by atoms with Crippen LogP contribution in [0.4, 0.5) is 0 Å². The first-order valence-corrected chi connectivity index (χ1v) is 16.8. The Balaban J connectivity index is 4.13. The molecule has 0 aliphatic carbocycles. The van der Waals surface area contributed by atoms with Crippen molar-refractivity contribution in [1.29, 1.82) is 0 Å². The van der Waals surface area contributed by atoms with E-state index >= 15 is 0 Å². The summed E-state index contributed by atoms with van der Waals surface area (Å²) in [5.41, 5.74) is 1.03. The van der Waals surface area contributed by atoms with Crippen LogP contribution in [-0.2, 0) is 19.1 Å². The van der Waals surface area contributed by atoms with Gasteiger partial charge < -0.3 is 14.4 Å². The van der Waals surface area contributed by atoms with Gasteiger partial charge in [-0.15, -0.1) is 0 Å². The summed E-state index contributed by atoms with van der Waals surface area (Å²) in [4.78, 5) is 26.8. The largest absolute Gasteiger partial charge is 0.462 e. The highest BCUT2D eigenvalue weighted by Gasteiger charge is 2.15. The van der Waals surface area contributed by atoms with E-state index in [1.807, 2.05) is 13.0 Å². The van der Waals surface area contributed by atoms with E-state index in [2.05, 4.69) is 38.3 Å². The Morgan fingerprint density at radius 1 is 0.675 bits per heavy atom. The zero-order valence-corrected chi connectivity index (χ0v) is 27.0. The van der Waals surface area contributed by atoms with Crippen molar-refractivity contribution >= 4 is 11.9 Å². The molecular formula is C35H65NO4. The molecule has 0 bridgehead atoms. The molecule has 0 amide bonds. The van der Waals surface area contributed by atoms with Gasteiger partial charge in [0.2, 0.25) is 0 Å². The number of carbonyl (C=O) groups is 2. The van der Waals surface area contributed by atoms with E-state index in [0.29, 0.717) is 19.4 Å². The summed E-state index contributed by atoms with van der Waals surface area (Å²) in [6.07, 6.45) is 26.5. The normalized spacial score (nSPS) is 11.3. The fraction of sp³-hybridized carbons (Fsp3) is 0.829. The van der Waals surface area contributed by atoms with Gasteiger partial charge in [-0.25, -0.2) is 0 Å². The van der Waals surface area contributed by atoms with Crippen LogP contribution in [0, 0.1) is 0 Å². The molecule has 0 radical (unpaired) electrons. The third kappa shape index (κ3) is 25.2. The minimum absolute atomic E-state index is 0.0532. The quantitative estimate of drug-likeness (QED) is 0.0515. The maximum atomic E-state index is 12.6.